The fourth-order valence-corrected chi connectivity index (χ4v) is 4.53. The van der Waals surface area contributed by atoms with Crippen LogP contribution in [-0.4, -0.2) is 28.5 Å². The number of likely N-dealkylation sites (tertiary alicyclic amines) is 1. The quantitative estimate of drug-likeness (QED) is 0.720. The molecule has 1 N–H and O–H groups in total. The van der Waals surface area contributed by atoms with Crippen LogP contribution in [0.5, 0.6) is 0 Å². The van der Waals surface area contributed by atoms with Gasteiger partial charge in [-0.2, -0.15) is 0 Å². The van der Waals surface area contributed by atoms with Gasteiger partial charge < -0.3 is 10.0 Å². The summed E-state index contributed by atoms with van der Waals surface area (Å²) in [6.07, 6.45) is 1.78. The van der Waals surface area contributed by atoms with Crippen molar-refractivity contribution in [3.8, 4) is 0 Å². The number of rotatable bonds is 4. The van der Waals surface area contributed by atoms with Crippen molar-refractivity contribution < 1.29 is 14.3 Å². The molecule has 1 amide bonds. The van der Waals surface area contributed by atoms with E-state index < -0.39 is 6.10 Å². The van der Waals surface area contributed by atoms with Crippen LogP contribution in [0, 0.1) is 5.82 Å². The summed E-state index contributed by atoms with van der Waals surface area (Å²) >= 11 is 1.53. The number of nitrogens with zero attached hydrogens (tertiary/aromatic N) is 1. The number of thiophene rings is 1. The van der Waals surface area contributed by atoms with Gasteiger partial charge in [0.05, 0.1) is 6.10 Å². The van der Waals surface area contributed by atoms with E-state index in [1.807, 2.05) is 28.5 Å². The van der Waals surface area contributed by atoms with Gasteiger partial charge in [0.15, 0.2) is 0 Å². The van der Waals surface area contributed by atoms with Gasteiger partial charge in [0.25, 0.3) is 5.91 Å². The fraction of sp³-hybridized carbons (Fsp3) is 0.286. The topological polar surface area (TPSA) is 40.5 Å². The van der Waals surface area contributed by atoms with Gasteiger partial charge in [0.1, 0.15) is 5.82 Å². The van der Waals surface area contributed by atoms with Crippen LogP contribution in [0.15, 0.2) is 53.9 Å². The zero-order chi connectivity index (χ0) is 18.1. The van der Waals surface area contributed by atoms with E-state index in [1.54, 1.807) is 24.3 Å². The lowest BCUT2D eigenvalue weighted by atomic mass is 10.0. The molecule has 3 nitrogen and oxygen atoms in total. The van der Waals surface area contributed by atoms with E-state index in [-0.39, 0.29) is 17.8 Å². The molecule has 134 valence electrons. The Kier molecular flexibility index (Phi) is 4.74. The summed E-state index contributed by atoms with van der Waals surface area (Å²) in [6, 6.07) is 13.9. The smallest absolute Gasteiger partial charge is 0.254 e. The van der Waals surface area contributed by atoms with Crippen molar-refractivity contribution in [1.29, 1.82) is 0 Å². The molecule has 1 fully saturated rings. The van der Waals surface area contributed by atoms with E-state index in [0.29, 0.717) is 29.3 Å². The van der Waals surface area contributed by atoms with Crippen molar-refractivity contribution in [2.24, 2.45) is 0 Å². The molecule has 26 heavy (non-hydrogen) atoms. The highest BCUT2D eigenvalue weighted by Gasteiger charge is 2.32. The fourth-order valence-electron chi connectivity index (χ4n) is 3.81. The van der Waals surface area contributed by atoms with E-state index in [2.05, 4.69) is 0 Å². The Balaban J connectivity index is 1.60. The highest BCUT2D eigenvalue weighted by atomic mass is 32.1. The first-order chi connectivity index (χ1) is 12.6. The van der Waals surface area contributed by atoms with Crippen LogP contribution in [0.25, 0.3) is 10.8 Å². The lowest BCUT2D eigenvalue weighted by Crippen LogP contribution is -2.36. The Hall–Kier alpha value is -2.24. The number of amides is 1. The molecule has 5 heteroatoms. The van der Waals surface area contributed by atoms with Crippen molar-refractivity contribution >= 4 is 28.0 Å². The molecule has 3 aromatic rings. The van der Waals surface area contributed by atoms with Gasteiger partial charge in [-0.05, 0) is 48.2 Å². The first-order valence-corrected chi connectivity index (χ1v) is 9.73. The monoisotopic (exact) mass is 369 g/mol. The number of fused-ring (bicyclic) bond motifs is 1. The van der Waals surface area contributed by atoms with E-state index in [4.69, 9.17) is 0 Å². The molecule has 0 radical (unpaired) electrons. The van der Waals surface area contributed by atoms with Crippen molar-refractivity contribution in [2.75, 3.05) is 6.54 Å². The predicted octanol–water partition coefficient (Wildman–Crippen LogP) is 4.77. The second kappa shape index (κ2) is 7.17. The molecule has 2 heterocycles. The Morgan fingerprint density at radius 2 is 2.00 bits per heavy atom. The van der Waals surface area contributed by atoms with E-state index in [0.717, 1.165) is 17.7 Å². The van der Waals surface area contributed by atoms with Crippen LogP contribution in [0.4, 0.5) is 4.39 Å². The molecule has 0 aliphatic carbocycles. The number of aliphatic hydroxyl groups excluding tert-OH is 1. The molecule has 1 aliphatic rings. The third-order valence-electron chi connectivity index (χ3n) is 5.11. The Morgan fingerprint density at radius 1 is 1.19 bits per heavy atom. The van der Waals surface area contributed by atoms with Gasteiger partial charge in [0.2, 0.25) is 0 Å². The number of aliphatic hydroxyl groups is 1. The van der Waals surface area contributed by atoms with E-state index in [9.17, 15) is 14.3 Å². The molecule has 0 bridgehead atoms. The summed E-state index contributed by atoms with van der Waals surface area (Å²) in [6.45, 7) is 0.673. The molecule has 4 rings (SSSR count). The first-order valence-electron chi connectivity index (χ1n) is 8.85. The third-order valence-corrected chi connectivity index (χ3v) is 6.08. The number of hydrogen-bond donors (Lipinski definition) is 1. The normalized spacial score (nSPS) is 18.4. The maximum atomic E-state index is 14.1. The van der Waals surface area contributed by atoms with Crippen LogP contribution < -0.4 is 0 Å². The molecular formula is C21H20FNO2S. The maximum absolute atomic E-state index is 14.1. The first kappa shape index (κ1) is 17.2. The molecule has 0 saturated carbocycles. The van der Waals surface area contributed by atoms with Crippen LogP contribution in [0.1, 0.15) is 40.6 Å². The van der Waals surface area contributed by atoms with Gasteiger partial charge in [-0.15, -0.1) is 11.3 Å². The summed E-state index contributed by atoms with van der Waals surface area (Å²) < 4.78 is 14.1. The van der Waals surface area contributed by atoms with E-state index >= 15 is 0 Å². The summed E-state index contributed by atoms with van der Waals surface area (Å²) in [5, 5.41) is 13.5. The molecule has 0 spiro atoms. The van der Waals surface area contributed by atoms with Crippen LogP contribution in [-0.2, 0) is 0 Å². The highest BCUT2D eigenvalue weighted by Crippen LogP contribution is 2.32. The van der Waals surface area contributed by atoms with Gasteiger partial charge in [-0.1, -0.05) is 30.3 Å². The average molecular weight is 369 g/mol. The zero-order valence-corrected chi connectivity index (χ0v) is 15.1. The van der Waals surface area contributed by atoms with Gasteiger partial charge in [0, 0.05) is 28.4 Å². The van der Waals surface area contributed by atoms with Gasteiger partial charge in [-0.25, -0.2) is 4.39 Å². The third kappa shape index (κ3) is 3.13. The summed E-state index contributed by atoms with van der Waals surface area (Å²) in [5.41, 5.74) is 0.527. The van der Waals surface area contributed by atoms with Gasteiger partial charge >= 0.3 is 0 Å². The molecule has 2 atom stereocenters. The zero-order valence-electron chi connectivity index (χ0n) is 14.3. The lowest BCUT2D eigenvalue weighted by molar-refractivity contribution is 0.0672. The van der Waals surface area contributed by atoms with Crippen LogP contribution in [0.2, 0.25) is 0 Å². The lowest BCUT2D eigenvalue weighted by Gasteiger charge is -2.27. The number of halogens is 1. The minimum absolute atomic E-state index is 0.00316. The molecule has 2 aromatic carbocycles. The van der Waals surface area contributed by atoms with Gasteiger partial charge in [-0.3, -0.25) is 4.79 Å². The number of carbonyl (C=O) groups is 1. The minimum atomic E-state index is -0.557. The van der Waals surface area contributed by atoms with Crippen LogP contribution >= 0.6 is 11.3 Å². The SMILES string of the molecule is O=C(c1ccc(F)c2ccccc12)N1CCCC1CC(O)c1cccs1. The molecule has 1 aromatic heterocycles. The van der Waals surface area contributed by atoms with Crippen molar-refractivity contribution in [1.82, 2.24) is 4.90 Å². The number of benzene rings is 2. The Labute approximate surface area is 155 Å². The molecule has 1 aliphatic heterocycles. The average Bonchev–Trinajstić information content (AvgIpc) is 3.34. The Morgan fingerprint density at radius 3 is 2.77 bits per heavy atom. The summed E-state index contributed by atoms with van der Waals surface area (Å²) in [4.78, 5) is 15.9. The number of hydrogen-bond acceptors (Lipinski definition) is 3. The second-order valence-electron chi connectivity index (χ2n) is 6.70. The summed E-state index contributed by atoms with van der Waals surface area (Å²) in [7, 11) is 0. The molecule has 1 saturated heterocycles. The van der Waals surface area contributed by atoms with Crippen molar-refractivity contribution in [3.63, 3.8) is 0 Å². The van der Waals surface area contributed by atoms with Crippen molar-refractivity contribution in [3.05, 3.63) is 70.2 Å². The summed E-state index contributed by atoms with van der Waals surface area (Å²) in [5.74, 6) is -0.398. The largest absolute Gasteiger partial charge is 0.387 e. The standard InChI is InChI=1S/C21H20FNO2S/c22-18-10-9-17(15-6-1-2-7-16(15)18)21(25)23-11-3-5-14(23)13-19(24)20-8-4-12-26-20/h1-2,4,6-10,12,14,19,24H,3,5,11,13H2. The second-order valence-corrected chi connectivity index (χ2v) is 7.68. The van der Waals surface area contributed by atoms with Crippen LogP contribution in [0.3, 0.4) is 0 Å². The highest BCUT2D eigenvalue weighted by molar-refractivity contribution is 7.10. The minimum Gasteiger partial charge on any atom is -0.387 e. The van der Waals surface area contributed by atoms with Crippen molar-refractivity contribution in [2.45, 2.75) is 31.4 Å². The number of carbonyl (C=O) groups excluding carboxylic acids is 1. The van der Waals surface area contributed by atoms with E-state index in [1.165, 1.54) is 17.4 Å². The maximum Gasteiger partial charge on any atom is 0.254 e. The Bertz CT molecular complexity index is 925. The predicted molar refractivity (Wildman–Crippen MR) is 102 cm³/mol. The molecule has 2 unspecified atom stereocenters. The molecular weight excluding hydrogens is 349 g/mol.